The van der Waals surface area contributed by atoms with E-state index in [0.717, 1.165) is 37.0 Å². The van der Waals surface area contributed by atoms with Crippen molar-refractivity contribution in [2.45, 2.75) is 113 Å². The van der Waals surface area contributed by atoms with Gasteiger partial charge in [-0.2, -0.15) is 0 Å². The molecule has 0 aliphatic heterocycles. The molecule has 0 radical (unpaired) electrons. The van der Waals surface area contributed by atoms with Crippen molar-refractivity contribution in [2.75, 3.05) is 14.2 Å². The van der Waals surface area contributed by atoms with Gasteiger partial charge in [-0.3, -0.25) is 0 Å². The zero-order chi connectivity index (χ0) is 33.6. The van der Waals surface area contributed by atoms with E-state index in [9.17, 15) is 9.59 Å². The summed E-state index contributed by atoms with van der Waals surface area (Å²) in [4.78, 5) is 24.3. The Balaban J connectivity index is 0.000000631. The Morgan fingerprint density at radius 2 is 1.56 bits per heavy atom. The molecule has 7 unspecified atom stereocenters. The van der Waals surface area contributed by atoms with Gasteiger partial charge in [0.15, 0.2) is 0 Å². The number of aldehydes is 1. The van der Waals surface area contributed by atoms with Crippen LogP contribution in [0.5, 0.6) is 0 Å². The molecule has 5 aliphatic rings. The van der Waals surface area contributed by atoms with E-state index in [1.165, 1.54) is 76.5 Å². The average Bonchev–Trinajstić information content (AvgIpc) is 3.47. The van der Waals surface area contributed by atoms with Crippen LogP contribution in [0.3, 0.4) is 0 Å². The van der Waals surface area contributed by atoms with Crippen LogP contribution in [-0.4, -0.2) is 31.6 Å². The number of nitrogens with one attached hydrogen (secondary N) is 1. The SMILES string of the molecule is C=CC.CC.CNO.COC(=O)c1ccc(C2=CCC3(C)C(CCC4(C)C5CCC6(C=O)CCC[C@@H]6C5CCC43)C2(C)C)cc1. The van der Waals surface area contributed by atoms with Crippen LogP contribution in [0.15, 0.2) is 43.0 Å². The molecular weight excluding hydrogens is 558 g/mol. The van der Waals surface area contributed by atoms with Crippen LogP contribution in [0.2, 0.25) is 0 Å². The van der Waals surface area contributed by atoms with Gasteiger partial charge in [0.1, 0.15) is 6.29 Å². The number of methoxy groups -OCH3 is 1. The lowest BCUT2D eigenvalue weighted by Crippen LogP contribution is -2.61. The predicted molar refractivity (Wildman–Crippen MR) is 186 cm³/mol. The van der Waals surface area contributed by atoms with Crippen LogP contribution in [0, 0.1) is 51.2 Å². The highest BCUT2D eigenvalue weighted by atomic mass is 16.5. The minimum absolute atomic E-state index is 0.0132. The van der Waals surface area contributed by atoms with Gasteiger partial charge in [-0.05, 0) is 134 Å². The van der Waals surface area contributed by atoms with E-state index in [2.05, 4.69) is 52.5 Å². The maximum atomic E-state index is 12.3. The Morgan fingerprint density at radius 3 is 2.13 bits per heavy atom. The molecule has 252 valence electrons. The molecule has 45 heavy (non-hydrogen) atoms. The molecule has 5 heteroatoms. The van der Waals surface area contributed by atoms with Gasteiger partial charge >= 0.3 is 5.97 Å². The molecule has 4 saturated carbocycles. The van der Waals surface area contributed by atoms with Gasteiger partial charge in [-0.1, -0.05) is 72.2 Å². The molecule has 5 aliphatic carbocycles. The third-order valence-electron chi connectivity index (χ3n) is 13.0. The number of ether oxygens (including phenoxy) is 1. The van der Waals surface area contributed by atoms with Crippen molar-refractivity contribution in [1.82, 2.24) is 5.48 Å². The summed E-state index contributed by atoms with van der Waals surface area (Å²) in [6.45, 7) is 19.5. The van der Waals surface area contributed by atoms with Crippen molar-refractivity contribution >= 4 is 17.8 Å². The van der Waals surface area contributed by atoms with Gasteiger partial charge in [0.2, 0.25) is 0 Å². The fourth-order valence-corrected chi connectivity index (χ4v) is 11.5. The normalized spacial score (nSPS) is 36.9. The monoisotopic (exact) mass is 621 g/mol. The van der Waals surface area contributed by atoms with E-state index < -0.39 is 0 Å². The van der Waals surface area contributed by atoms with E-state index in [4.69, 9.17) is 9.94 Å². The second-order valence-corrected chi connectivity index (χ2v) is 15.1. The second kappa shape index (κ2) is 15.1. The van der Waals surface area contributed by atoms with E-state index in [-0.39, 0.29) is 16.8 Å². The summed E-state index contributed by atoms with van der Waals surface area (Å²) in [7, 11) is 2.87. The van der Waals surface area contributed by atoms with E-state index in [0.29, 0.717) is 28.2 Å². The lowest BCUT2D eigenvalue weighted by atomic mass is 9.36. The van der Waals surface area contributed by atoms with Crippen LogP contribution in [-0.2, 0) is 9.53 Å². The minimum atomic E-state index is -0.274. The number of carbonyl (C=O) groups is 2. The molecule has 6 rings (SSSR count). The van der Waals surface area contributed by atoms with Crippen LogP contribution >= 0.6 is 0 Å². The molecule has 4 fully saturated rings. The number of esters is 1. The molecule has 2 N–H and O–H groups in total. The predicted octanol–water partition coefficient (Wildman–Crippen LogP) is 9.94. The largest absolute Gasteiger partial charge is 0.465 e. The topological polar surface area (TPSA) is 75.6 Å². The Kier molecular flexibility index (Phi) is 12.5. The van der Waals surface area contributed by atoms with Gasteiger partial charge in [0.05, 0.1) is 12.7 Å². The molecule has 1 aromatic rings. The zero-order valence-corrected chi connectivity index (χ0v) is 29.9. The molecule has 8 atom stereocenters. The Labute approximate surface area is 274 Å². The summed E-state index contributed by atoms with van der Waals surface area (Å²) in [5.74, 6) is 3.33. The highest BCUT2D eigenvalue weighted by molar-refractivity contribution is 5.89. The number of rotatable bonds is 3. The second-order valence-electron chi connectivity index (χ2n) is 15.1. The summed E-state index contributed by atoms with van der Waals surface area (Å²) in [6, 6.07) is 8.06. The van der Waals surface area contributed by atoms with Crippen LogP contribution in [0.1, 0.15) is 129 Å². The molecule has 0 spiro atoms. The highest BCUT2D eigenvalue weighted by Crippen LogP contribution is 2.73. The fraction of sp³-hybridized carbons (Fsp3) is 0.700. The third-order valence-corrected chi connectivity index (χ3v) is 13.0. The van der Waals surface area contributed by atoms with Crippen molar-refractivity contribution < 1.29 is 19.5 Å². The Hall–Kier alpha value is -2.24. The molecule has 1 aromatic carbocycles. The van der Waals surface area contributed by atoms with Crippen LogP contribution in [0.4, 0.5) is 0 Å². The zero-order valence-electron chi connectivity index (χ0n) is 29.9. The van der Waals surface area contributed by atoms with E-state index >= 15 is 0 Å². The molecule has 0 amide bonds. The van der Waals surface area contributed by atoms with Gasteiger partial charge in [0, 0.05) is 12.5 Å². The molecule has 0 bridgehead atoms. The number of allylic oxidation sites excluding steroid dienone is 3. The number of hydroxylamine groups is 1. The van der Waals surface area contributed by atoms with Crippen molar-refractivity contribution in [1.29, 1.82) is 0 Å². The molecule has 0 saturated heterocycles. The lowest BCUT2D eigenvalue weighted by Gasteiger charge is -2.68. The maximum absolute atomic E-state index is 12.3. The fourth-order valence-electron chi connectivity index (χ4n) is 11.5. The number of fused-ring (bicyclic) bond motifs is 7. The third kappa shape index (κ3) is 6.50. The molecular formula is C40H63NO4. The molecule has 5 nitrogen and oxygen atoms in total. The average molecular weight is 622 g/mol. The summed E-state index contributed by atoms with van der Waals surface area (Å²) in [6.07, 6.45) is 18.2. The number of hydrogen-bond donors (Lipinski definition) is 2. The van der Waals surface area contributed by atoms with E-state index in [1.54, 1.807) is 11.6 Å². The van der Waals surface area contributed by atoms with E-state index in [1.807, 2.05) is 32.9 Å². The number of hydrogen-bond acceptors (Lipinski definition) is 5. The summed E-state index contributed by atoms with van der Waals surface area (Å²) in [5, 5.41) is 7.32. The molecule has 0 heterocycles. The first kappa shape index (κ1) is 37.2. The smallest absolute Gasteiger partial charge is 0.337 e. The Bertz CT molecular complexity index is 1190. The molecule has 0 aromatic heterocycles. The summed E-state index contributed by atoms with van der Waals surface area (Å²) >= 11 is 0. The standard InChI is InChI=1S/C34H46O3.C3H6.C2H6.CH5NO/c1-31(2)25(22-8-10-23(11-9-22)30(36)37-5)14-18-33(4)28(31)16-19-32(3)26-15-20-34(21-35)17-6-7-27(34)24(26)12-13-29(32)33;1-3-2;1-2;1-2-3/h8-11,14,21,24,26-29H,6-7,12-13,15-20H2,1-5H3;3H,1H2,2H3;1-2H3;2-3H,1H3/t24?,26?,27-,28?,29?,32?,33?,34?;;;/m1.../s1. The van der Waals surface area contributed by atoms with Gasteiger partial charge < -0.3 is 14.7 Å². The van der Waals surface area contributed by atoms with Crippen molar-refractivity contribution in [3.63, 3.8) is 0 Å². The van der Waals surface area contributed by atoms with Gasteiger partial charge in [-0.15, -0.1) is 6.58 Å². The number of benzene rings is 1. The van der Waals surface area contributed by atoms with Gasteiger partial charge in [-0.25, -0.2) is 10.3 Å². The van der Waals surface area contributed by atoms with Gasteiger partial charge in [0.25, 0.3) is 0 Å². The first-order valence-corrected chi connectivity index (χ1v) is 17.7. The van der Waals surface area contributed by atoms with Crippen molar-refractivity contribution in [3.05, 3.63) is 54.1 Å². The maximum Gasteiger partial charge on any atom is 0.337 e. The summed E-state index contributed by atoms with van der Waals surface area (Å²) in [5.41, 5.74) is 5.87. The quantitative estimate of drug-likeness (QED) is 0.152. The lowest BCUT2D eigenvalue weighted by molar-refractivity contribution is -0.178. The Morgan fingerprint density at radius 1 is 0.933 bits per heavy atom. The van der Waals surface area contributed by atoms with Crippen LogP contribution < -0.4 is 5.48 Å². The minimum Gasteiger partial charge on any atom is -0.465 e. The van der Waals surface area contributed by atoms with Crippen molar-refractivity contribution in [2.24, 2.45) is 51.2 Å². The van der Waals surface area contributed by atoms with Crippen molar-refractivity contribution in [3.8, 4) is 0 Å². The first-order chi connectivity index (χ1) is 21.4. The first-order valence-electron chi connectivity index (χ1n) is 17.7. The van der Waals surface area contributed by atoms with Crippen LogP contribution in [0.25, 0.3) is 5.57 Å². The number of carbonyl (C=O) groups excluding carboxylic acids is 2. The highest BCUT2D eigenvalue weighted by Gasteiger charge is 2.65. The summed E-state index contributed by atoms with van der Waals surface area (Å²) < 4.78 is 4.91.